The second kappa shape index (κ2) is 7.38. The predicted molar refractivity (Wildman–Crippen MR) is 103 cm³/mol. The molecule has 25 heavy (non-hydrogen) atoms. The summed E-state index contributed by atoms with van der Waals surface area (Å²) in [5.41, 5.74) is 1.55. The molecule has 3 aromatic heterocycles. The molecule has 0 atom stereocenters. The Morgan fingerprint density at radius 2 is 1.88 bits per heavy atom. The van der Waals surface area contributed by atoms with Crippen LogP contribution in [0, 0.1) is 6.92 Å². The maximum atomic E-state index is 12.1. The van der Waals surface area contributed by atoms with Crippen LogP contribution >= 0.6 is 34.0 Å². The van der Waals surface area contributed by atoms with Crippen molar-refractivity contribution in [3.05, 3.63) is 45.0 Å². The smallest absolute Gasteiger partial charge is 0.341 e. The Morgan fingerprint density at radius 3 is 2.60 bits per heavy atom. The van der Waals surface area contributed by atoms with Crippen molar-refractivity contribution < 1.29 is 19.4 Å². The molecule has 0 unspecified atom stereocenters. The van der Waals surface area contributed by atoms with Gasteiger partial charge in [-0.2, -0.15) is 0 Å². The van der Waals surface area contributed by atoms with Crippen LogP contribution in [0.2, 0.25) is 0 Å². The molecule has 0 spiro atoms. The Kier molecular flexibility index (Phi) is 5.22. The monoisotopic (exact) mass is 393 g/mol. The van der Waals surface area contributed by atoms with Crippen molar-refractivity contribution in [2.45, 2.75) is 13.8 Å². The first kappa shape index (κ1) is 17.7. The van der Waals surface area contributed by atoms with Gasteiger partial charge < -0.3 is 15.2 Å². The summed E-state index contributed by atoms with van der Waals surface area (Å²) >= 11 is 4.31. The Hall–Kier alpha value is -2.16. The van der Waals surface area contributed by atoms with Gasteiger partial charge in [-0.05, 0) is 42.8 Å². The zero-order chi connectivity index (χ0) is 18.0. The lowest BCUT2D eigenvalue weighted by atomic mass is 10.2. The van der Waals surface area contributed by atoms with E-state index < -0.39 is 5.97 Å². The summed E-state index contributed by atoms with van der Waals surface area (Å²) in [5, 5.41) is 17.0. The van der Waals surface area contributed by atoms with Gasteiger partial charge in [0.15, 0.2) is 0 Å². The SMILES string of the molecule is CCOC(=O)c1cc(C)sc1Nc1ccsc1-c1sccc1C(=O)O. The van der Waals surface area contributed by atoms with Crippen LogP contribution in [0.25, 0.3) is 9.75 Å². The fourth-order valence-electron chi connectivity index (χ4n) is 2.33. The van der Waals surface area contributed by atoms with E-state index in [1.54, 1.807) is 24.4 Å². The van der Waals surface area contributed by atoms with E-state index in [0.717, 1.165) is 15.4 Å². The normalized spacial score (nSPS) is 10.6. The summed E-state index contributed by atoms with van der Waals surface area (Å²) in [5.74, 6) is -1.32. The number of anilines is 2. The number of carboxylic acids is 1. The minimum atomic E-state index is -0.949. The van der Waals surface area contributed by atoms with Crippen LogP contribution in [0.1, 0.15) is 32.5 Å². The van der Waals surface area contributed by atoms with Gasteiger partial charge >= 0.3 is 11.9 Å². The van der Waals surface area contributed by atoms with Crippen molar-refractivity contribution in [3.8, 4) is 9.75 Å². The zero-order valence-electron chi connectivity index (χ0n) is 13.5. The number of aromatic carboxylic acids is 1. The number of hydrogen-bond acceptors (Lipinski definition) is 7. The number of hydrogen-bond donors (Lipinski definition) is 2. The second-order valence-electron chi connectivity index (χ2n) is 5.08. The van der Waals surface area contributed by atoms with Crippen LogP contribution in [0.5, 0.6) is 0 Å². The summed E-state index contributed by atoms with van der Waals surface area (Å²) in [6.45, 7) is 4.01. The highest BCUT2D eigenvalue weighted by molar-refractivity contribution is 7.21. The van der Waals surface area contributed by atoms with Gasteiger partial charge in [0.25, 0.3) is 0 Å². The summed E-state index contributed by atoms with van der Waals surface area (Å²) < 4.78 is 5.11. The fraction of sp³-hybridized carbons (Fsp3) is 0.176. The lowest BCUT2D eigenvalue weighted by Crippen LogP contribution is -2.05. The topological polar surface area (TPSA) is 75.6 Å². The van der Waals surface area contributed by atoms with Gasteiger partial charge in [0, 0.05) is 4.88 Å². The number of carbonyl (C=O) groups is 2. The predicted octanol–water partition coefficient (Wildman–Crippen LogP) is 5.47. The highest BCUT2D eigenvalue weighted by Gasteiger charge is 2.20. The van der Waals surface area contributed by atoms with Gasteiger partial charge in [-0.15, -0.1) is 34.0 Å². The number of carbonyl (C=O) groups excluding carboxylic acids is 1. The van der Waals surface area contributed by atoms with Gasteiger partial charge in [-0.3, -0.25) is 0 Å². The van der Waals surface area contributed by atoms with E-state index in [0.29, 0.717) is 22.0 Å². The van der Waals surface area contributed by atoms with E-state index in [1.165, 1.54) is 34.0 Å². The third-order valence-corrected chi connectivity index (χ3v) is 6.32. The van der Waals surface area contributed by atoms with Crippen molar-refractivity contribution in [1.82, 2.24) is 0 Å². The molecule has 0 aliphatic carbocycles. The first-order valence-corrected chi connectivity index (χ1v) is 10.0. The highest BCUT2D eigenvalue weighted by Crippen LogP contribution is 2.42. The standard InChI is InChI=1S/C17H15NO4S3/c1-3-22-17(21)11-8-9(2)25-15(11)18-12-5-7-24-14(12)13-10(16(19)20)4-6-23-13/h4-8,18H,3H2,1-2H3,(H,19,20). The van der Waals surface area contributed by atoms with E-state index in [-0.39, 0.29) is 11.5 Å². The fourth-order valence-corrected chi connectivity index (χ4v) is 5.17. The van der Waals surface area contributed by atoms with E-state index in [4.69, 9.17) is 4.74 Å². The van der Waals surface area contributed by atoms with Crippen molar-refractivity contribution in [2.24, 2.45) is 0 Å². The maximum Gasteiger partial charge on any atom is 0.341 e. The van der Waals surface area contributed by atoms with Crippen LogP contribution in [-0.2, 0) is 4.74 Å². The van der Waals surface area contributed by atoms with Crippen molar-refractivity contribution >= 4 is 56.6 Å². The molecule has 0 bridgehead atoms. The lowest BCUT2D eigenvalue weighted by molar-refractivity contribution is 0.0527. The molecule has 0 aliphatic heterocycles. The maximum absolute atomic E-state index is 12.1. The number of aryl methyl sites for hydroxylation is 1. The molecular formula is C17H15NO4S3. The quantitative estimate of drug-likeness (QED) is 0.544. The molecular weight excluding hydrogens is 378 g/mol. The molecule has 0 aliphatic rings. The second-order valence-corrected chi connectivity index (χ2v) is 8.17. The van der Waals surface area contributed by atoms with Crippen LogP contribution < -0.4 is 5.32 Å². The molecule has 0 radical (unpaired) electrons. The molecule has 130 valence electrons. The summed E-state index contributed by atoms with van der Waals surface area (Å²) in [4.78, 5) is 26.1. The van der Waals surface area contributed by atoms with Gasteiger partial charge in [0.05, 0.1) is 33.2 Å². The average Bonchev–Trinajstić information content (AvgIpc) is 3.26. The summed E-state index contributed by atoms with van der Waals surface area (Å²) in [7, 11) is 0. The van der Waals surface area contributed by atoms with Gasteiger partial charge in [0.1, 0.15) is 5.00 Å². The Morgan fingerprint density at radius 1 is 1.16 bits per heavy atom. The molecule has 0 saturated heterocycles. The number of carboxylic acid groups (broad SMARTS) is 1. The third kappa shape index (κ3) is 3.60. The summed E-state index contributed by atoms with van der Waals surface area (Å²) in [6.07, 6.45) is 0. The van der Waals surface area contributed by atoms with Crippen molar-refractivity contribution in [3.63, 3.8) is 0 Å². The molecule has 0 aromatic carbocycles. The molecule has 5 nitrogen and oxygen atoms in total. The molecule has 8 heteroatoms. The van der Waals surface area contributed by atoms with Crippen LogP contribution in [-0.4, -0.2) is 23.7 Å². The average molecular weight is 394 g/mol. The van der Waals surface area contributed by atoms with E-state index in [1.807, 2.05) is 18.4 Å². The molecule has 0 fully saturated rings. The minimum Gasteiger partial charge on any atom is -0.478 e. The van der Waals surface area contributed by atoms with Crippen LogP contribution in [0.15, 0.2) is 29.0 Å². The number of rotatable bonds is 6. The Bertz CT molecular complexity index is 922. The van der Waals surface area contributed by atoms with Gasteiger partial charge in [-0.25, -0.2) is 9.59 Å². The molecule has 2 N–H and O–H groups in total. The van der Waals surface area contributed by atoms with Crippen LogP contribution in [0.4, 0.5) is 10.7 Å². The first-order valence-electron chi connectivity index (χ1n) is 7.44. The Balaban J connectivity index is 1.96. The molecule has 3 rings (SSSR count). The third-order valence-electron chi connectivity index (χ3n) is 3.37. The number of nitrogens with one attached hydrogen (secondary N) is 1. The number of thiophene rings is 3. The number of esters is 1. The van der Waals surface area contributed by atoms with Gasteiger partial charge in [0.2, 0.25) is 0 Å². The van der Waals surface area contributed by atoms with Crippen molar-refractivity contribution in [2.75, 3.05) is 11.9 Å². The largest absolute Gasteiger partial charge is 0.478 e. The summed E-state index contributed by atoms with van der Waals surface area (Å²) in [6, 6.07) is 5.28. The molecule has 3 aromatic rings. The van der Waals surface area contributed by atoms with E-state index in [9.17, 15) is 14.7 Å². The number of ether oxygens (including phenoxy) is 1. The minimum absolute atomic E-state index is 0.281. The van der Waals surface area contributed by atoms with E-state index >= 15 is 0 Å². The lowest BCUT2D eigenvalue weighted by Gasteiger charge is -2.08. The molecule has 0 amide bonds. The van der Waals surface area contributed by atoms with Gasteiger partial charge in [-0.1, -0.05) is 0 Å². The first-order chi connectivity index (χ1) is 12.0. The zero-order valence-corrected chi connectivity index (χ0v) is 15.9. The van der Waals surface area contributed by atoms with Crippen molar-refractivity contribution in [1.29, 1.82) is 0 Å². The molecule has 3 heterocycles. The highest BCUT2D eigenvalue weighted by atomic mass is 32.1. The van der Waals surface area contributed by atoms with Crippen LogP contribution in [0.3, 0.4) is 0 Å². The molecule has 0 saturated carbocycles. The Labute approximate surface area is 156 Å². The van der Waals surface area contributed by atoms with E-state index in [2.05, 4.69) is 5.32 Å².